The molecular weight excluding hydrogens is 332 g/mol. The maximum Gasteiger partial charge on any atom is 0.387 e. The van der Waals surface area contributed by atoms with Gasteiger partial charge in [-0.25, -0.2) is 8.78 Å². The molecule has 2 saturated carbocycles. The molecule has 4 unspecified atom stereocenters. The van der Waals surface area contributed by atoms with Gasteiger partial charge in [0, 0.05) is 0 Å². The number of fused-ring (bicyclic) bond motifs is 1. The van der Waals surface area contributed by atoms with E-state index >= 15 is 0 Å². The van der Waals surface area contributed by atoms with Crippen molar-refractivity contribution in [1.29, 1.82) is 0 Å². The van der Waals surface area contributed by atoms with E-state index in [2.05, 4.69) is 16.9 Å². The first-order valence-corrected chi connectivity index (χ1v) is 9.04. The quantitative estimate of drug-likeness (QED) is 0.445. The highest BCUT2D eigenvalue weighted by Crippen LogP contribution is 2.48. The molecule has 0 saturated heterocycles. The van der Waals surface area contributed by atoms with Crippen molar-refractivity contribution < 1.29 is 22.3 Å². The molecule has 0 heterocycles. The van der Waals surface area contributed by atoms with E-state index < -0.39 is 24.0 Å². The summed E-state index contributed by atoms with van der Waals surface area (Å²) in [7, 11) is 0. The second-order valence-corrected chi connectivity index (χ2v) is 7.32. The highest BCUT2D eigenvalue weighted by Gasteiger charge is 2.35. The molecule has 0 amide bonds. The van der Waals surface area contributed by atoms with Crippen molar-refractivity contribution in [3.05, 3.63) is 41.5 Å². The van der Waals surface area contributed by atoms with Crippen molar-refractivity contribution in [2.75, 3.05) is 0 Å². The van der Waals surface area contributed by atoms with Crippen LogP contribution in [0.1, 0.15) is 56.9 Å². The van der Waals surface area contributed by atoms with Gasteiger partial charge in [-0.15, -0.1) is 0 Å². The van der Waals surface area contributed by atoms with E-state index in [1.165, 1.54) is 12.8 Å². The van der Waals surface area contributed by atoms with Crippen molar-refractivity contribution in [3.8, 4) is 5.75 Å². The van der Waals surface area contributed by atoms with Gasteiger partial charge in [-0.05, 0) is 86.8 Å². The minimum absolute atomic E-state index is 0.0871. The van der Waals surface area contributed by atoms with Gasteiger partial charge in [0.25, 0.3) is 0 Å². The van der Waals surface area contributed by atoms with Crippen LogP contribution in [0.4, 0.5) is 17.6 Å². The topological polar surface area (TPSA) is 9.23 Å². The third-order valence-corrected chi connectivity index (χ3v) is 5.82. The Morgan fingerprint density at radius 2 is 1.64 bits per heavy atom. The average Bonchev–Trinajstić information content (AvgIpc) is 2.57. The Kier molecular flexibility index (Phi) is 5.70. The standard InChI is InChI=1S/C20H24F4O/c1-2-3-12-4-5-14-9-15(7-6-13(14)8-12)16-10-17(21)19(18(22)11-16)25-20(23)24/h2-3,10-15,20H,4-9H2,1H3/b3-2+. The number of benzene rings is 1. The molecule has 138 valence electrons. The highest BCUT2D eigenvalue weighted by atomic mass is 19.3. The molecule has 2 aliphatic carbocycles. The van der Waals surface area contributed by atoms with Crippen LogP contribution in [-0.4, -0.2) is 6.61 Å². The van der Waals surface area contributed by atoms with E-state index in [0.717, 1.165) is 37.8 Å². The maximum atomic E-state index is 14.0. The predicted octanol–water partition coefficient (Wildman–Crippen LogP) is 6.44. The van der Waals surface area contributed by atoms with Crippen LogP contribution in [0, 0.1) is 29.4 Å². The summed E-state index contributed by atoms with van der Waals surface area (Å²) < 4.78 is 56.4. The molecule has 0 aromatic heterocycles. The van der Waals surface area contributed by atoms with Crippen molar-refractivity contribution >= 4 is 0 Å². The number of alkyl halides is 2. The summed E-state index contributed by atoms with van der Waals surface area (Å²) in [6.45, 7) is -1.19. The lowest BCUT2D eigenvalue weighted by Gasteiger charge is -2.41. The number of hydrogen-bond donors (Lipinski definition) is 0. The lowest BCUT2D eigenvalue weighted by Crippen LogP contribution is -2.30. The zero-order chi connectivity index (χ0) is 18.0. The van der Waals surface area contributed by atoms with Gasteiger partial charge in [-0.1, -0.05) is 12.2 Å². The Morgan fingerprint density at radius 3 is 2.28 bits per heavy atom. The van der Waals surface area contributed by atoms with Crippen LogP contribution in [-0.2, 0) is 0 Å². The van der Waals surface area contributed by atoms with Crippen molar-refractivity contribution in [1.82, 2.24) is 0 Å². The lowest BCUT2D eigenvalue weighted by molar-refractivity contribution is -0.0546. The van der Waals surface area contributed by atoms with Gasteiger partial charge in [0.05, 0.1) is 0 Å². The van der Waals surface area contributed by atoms with E-state index in [0.29, 0.717) is 23.3 Å². The Bertz CT molecular complexity index is 605. The molecule has 0 N–H and O–H groups in total. The Hall–Kier alpha value is -1.52. The number of hydrogen-bond acceptors (Lipinski definition) is 1. The molecule has 0 bridgehead atoms. The zero-order valence-electron chi connectivity index (χ0n) is 14.4. The number of ether oxygens (including phenoxy) is 1. The molecule has 1 nitrogen and oxygen atoms in total. The average molecular weight is 356 g/mol. The maximum absolute atomic E-state index is 14.0. The van der Waals surface area contributed by atoms with Crippen LogP contribution in [0.5, 0.6) is 5.75 Å². The molecule has 0 spiro atoms. The second kappa shape index (κ2) is 7.79. The Balaban J connectivity index is 1.70. The highest BCUT2D eigenvalue weighted by molar-refractivity contribution is 5.33. The summed E-state index contributed by atoms with van der Waals surface area (Å²) in [5.41, 5.74) is 0.561. The van der Waals surface area contributed by atoms with Gasteiger partial charge in [0.15, 0.2) is 17.4 Å². The van der Waals surface area contributed by atoms with E-state index in [1.54, 1.807) is 0 Å². The largest absolute Gasteiger partial charge is 0.429 e. The van der Waals surface area contributed by atoms with Crippen LogP contribution in [0.25, 0.3) is 0 Å². The normalized spacial score (nSPS) is 29.8. The number of rotatable bonds is 4. The fourth-order valence-electron chi connectivity index (χ4n) is 4.69. The third kappa shape index (κ3) is 4.18. The van der Waals surface area contributed by atoms with Gasteiger partial charge >= 0.3 is 6.61 Å². The van der Waals surface area contributed by atoms with Crippen molar-refractivity contribution in [2.24, 2.45) is 17.8 Å². The molecule has 4 atom stereocenters. The summed E-state index contributed by atoms with van der Waals surface area (Å²) in [4.78, 5) is 0. The van der Waals surface area contributed by atoms with Gasteiger partial charge in [-0.3, -0.25) is 0 Å². The molecule has 2 aliphatic rings. The van der Waals surface area contributed by atoms with Gasteiger partial charge < -0.3 is 4.74 Å². The smallest absolute Gasteiger partial charge is 0.387 e. The zero-order valence-corrected chi connectivity index (χ0v) is 14.4. The molecule has 2 fully saturated rings. The molecule has 0 radical (unpaired) electrons. The Labute approximate surface area is 146 Å². The van der Waals surface area contributed by atoms with Crippen LogP contribution in [0.15, 0.2) is 24.3 Å². The number of halogens is 4. The van der Waals surface area contributed by atoms with Gasteiger partial charge in [0.1, 0.15) is 0 Å². The predicted molar refractivity (Wildman–Crippen MR) is 88.7 cm³/mol. The fraction of sp³-hybridized carbons (Fsp3) is 0.600. The minimum atomic E-state index is -3.24. The summed E-state index contributed by atoms with van der Waals surface area (Å²) in [6.07, 6.45) is 10.8. The molecular formula is C20H24F4O. The van der Waals surface area contributed by atoms with Crippen LogP contribution < -0.4 is 4.74 Å². The van der Waals surface area contributed by atoms with Crippen LogP contribution in [0.2, 0.25) is 0 Å². The van der Waals surface area contributed by atoms with Crippen molar-refractivity contribution in [2.45, 2.75) is 58.0 Å². The van der Waals surface area contributed by atoms with E-state index in [4.69, 9.17) is 0 Å². The summed E-state index contributed by atoms with van der Waals surface area (Å²) in [6, 6.07) is 2.33. The molecule has 25 heavy (non-hydrogen) atoms. The molecule has 5 heteroatoms. The van der Waals surface area contributed by atoms with E-state index in [9.17, 15) is 17.6 Å². The van der Waals surface area contributed by atoms with Crippen molar-refractivity contribution in [3.63, 3.8) is 0 Å². The second-order valence-electron chi connectivity index (χ2n) is 7.32. The third-order valence-electron chi connectivity index (χ3n) is 5.82. The first-order chi connectivity index (χ1) is 12.0. The Morgan fingerprint density at radius 1 is 1.00 bits per heavy atom. The summed E-state index contributed by atoms with van der Waals surface area (Å²) in [5.74, 6) is -1.07. The van der Waals surface area contributed by atoms with Crippen LogP contribution in [0.3, 0.4) is 0 Å². The van der Waals surface area contributed by atoms with Gasteiger partial charge in [-0.2, -0.15) is 8.78 Å². The molecule has 1 aromatic rings. The van der Waals surface area contributed by atoms with E-state index in [-0.39, 0.29) is 5.92 Å². The molecule has 1 aromatic carbocycles. The number of allylic oxidation sites excluding steroid dienone is 2. The first kappa shape index (κ1) is 18.3. The fourth-order valence-corrected chi connectivity index (χ4v) is 4.69. The summed E-state index contributed by atoms with van der Waals surface area (Å²) in [5, 5.41) is 0. The van der Waals surface area contributed by atoms with Crippen LogP contribution >= 0.6 is 0 Å². The molecule has 3 rings (SSSR count). The minimum Gasteiger partial charge on any atom is -0.429 e. The molecule has 0 aliphatic heterocycles. The lowest BCUT2D eigenvalue weighted by atomic mass is 9.64. The van der Waals surface area contributed by atoms with Gasteiger partial charge in [0.2, 0.25) is 0 Å². The van der Waals surface area contributed by atoms with E-state index in [1.807, 2.05) is 6.92 Å². The first-order valence-electron chi connectivity index (χ1n) is 9.04. The SMILES string of the molecule is C/C=C/C1CCC2CC(c3cc(F)c(OC(F)F)c(F)c3)CCC2C1. The monoisotopic (exact) mass is 356 g/mol. The summed E-state index contributed by atoms with van der Waals surface area (Å²) >= 11 is 0.